The second-order valence-corrected chi connectivity index (χ2v) is 19.3. The molecule has 0 radical (unpaired) electrons. The van der Waals surface area contributed by atoms with Crippen molar-refractivity contribution in [1.29, 1.82) is 0 Å². The quantitative estimate of drug-likeness (QED) is 0.175. The molecule has 0 saturated heterocycles. The Hall–Kier alpha value is -6.29. The average Bonchev–Trinajstić information content (AvgIpc) is 3.84. The minimum absolute atomic E-state index is 0.101. The van der Waals surface area contributed by atoms with Gasteiger partial charge in [-0.15, -0.1) is 0 Å². The Morgan fingerprint density at radius 2 is 0.981 bits per heavy atom. The largest absolute Gasteiger partial charge is 0.309 e. The zero-order valence-electron chi connectivity index (χ0n) is 30.0. The van der Waals surface area contributed by atoms with Gasteiger partial charge in [0, 0.05) is 50.5 Å². The monoisotopic (exact) mass is 709 g/mol. The van der Waals surface area contributed by atoms with Gasteiger partial charge in [-0.05, 0) is 110 Å². The maximum atomic E-state index is 17.0. The van der Waals surface area contributed by atoms with Crippen molar-refractivity contribution in [3.8, 4) is 50.2 Å². The van der Waals surface area contributed by atoms with Crippen LogP contribution in [0.15, 0.2) is 196 Å². The number of para-hydroxylation sites is 1. The van der Waals surface area contributed by atoms with Crippen LogP contribution in [0.3, 0.4) is 0 Å². The van der Waals surface area contributed by atoms with Crippen LogP contribution in [0.4, 0.5) is 0 Å². The van der Waals surface area contributed by atoms with Crippen LogP contribution >= 0.6 is 0 Å². The predicted octanol–water partition coefficient (Wildman–Crippen LogP) is 13.1. The number of nitrogens with zero attached hydrogens (tertiary/aromatic N) is 1. The van der Waals surface area contributed by atoms with Crippen molar-refractivity contribution in [2.45, 2.75) is 38.8 Å². The lowest BCUT2D eigenvalue weighted by Gasteiger charge is -2.38. The van der Waals surface area contributed by atoms with Gasteiger partial charge in [0.05, 0.1) is 11.0 Å². The number of benzene rings is 8. The van der Waals surface area contributed by atoms with Crippen molar-refractivity contribution in [2.75, 3.05) is 0 Å². The standard InChI is InChI=1S/C51H35NOS/c1-51(2)43-21-8-3-16-35(43)41-30-42-36-17-4-9-22-45(36)52(46(42)31-44(41)51)34-15-13-14-32(28-34)33-26-27-40-39-20-7-12-25-49(39)54(53,50(40)29-33)47-23-10-5-18-37(47)38-19-6-11-24-48(38)54/h3-31H,1-2H3. The van der Waals surface area contributed by atoms with Gasteiger partial charge in [-0.3, -0.25) is 4.21 Å². The van der Waals surface area contributed by atoms with Gasteiger partial charge in [0.1, 0.15) is 0 Å². The molecule has 3 heteroatoms. The van der Waals surface area contributed by atoms with Crippen LogP contribution < -0.4 is 0 Å². The van der Waals surface area contributed by atoms with E-state index in [1.54, 1.807) is 0 Å². The predicted molar refractivity (Wildman–Crippen MR) is 222 cm³/mol. The van der Waals surface area contributed by atoms with Crippen molar-refractivity contribution in [3.63, 3.8) is 0 Å². The maximum absolute atomic E-state index is 17.0. The fourth-order valence-electron chi connectivity index (χ4n) is 10.3. The summed E-state index contributed by atoms with van der Waals surface area (Å²) in [6.07, 6.45) is 0. The van der Waals surface area contributed by atoms with E-state index in [-0.39, 0.29) is 5.41 Å². The molecule has 0 amide bonds. The molecular formula is C51H35NOS. The van der Waals surface area contributed by atoms with Crippen molar-refractivity contribution < 1.29 is 4.21 Å². The lowest BCUT2D eigenvalue weighted by molar-refractivity contribution is 0.658. The number of rotatable bonds is 2. The molecule has 12 rings (SSSR count). The third kappa shape index (κ3) is 3.41. The third-order valence-corrected chi connectivity index (χ3v) is 17.5. The molecule has 0 saturated carbocycles. The smallest absolute Gasteiger partial charge is 0.0544 e. The third-order valence-electron chi connectivity index (χ3n) is 12.7. The van der Waals surface area contributed by atoms with Crippen LogP contribution in [0.25, 0.3) is 72.0 Å². The normalized spacial score (nSPS) is 16.6. The molecular weight excluding hydrogens is 675 g/mol. The fraction of sp³-hybridized carbons (Fsp3) is 0.0588. The van der Waals surface area contributed by atoms with Crippen LogP contribution in [0.2, 0.25) is 0 Å². The van der Waals surface area contributed by atoms with E-state index in [2.05, 4.69) is 176 Å². The SMILES string of the molecule is CC1(C)c2ccccc2-c2cc3c4ccccc4n(-c4cccc(-c5ccc6c(c5)S5(=O)(c7ccccc7-c7ccccc75)c5ccccc5-6)c4)c3cc21. The molecule has 2 aliphatic heterocycles. The first-order valence-electron chi connectivity index (χ1n) is 18.8. The van der Waals surface area contributed by atoms with Crippen molar-refractivity contribution in [3.05, 3.63) is 187 Å². The second-order valence-electron chi connectivity index (χ2n) is 15.6. The Labute approximate surface area is 314 Å². The summed E-state index contributed by atoms with van der Waals surface area (Å²) in [6, 6.07) is 63.1. The molecule has 1 spiro atoms. The fourth-order valence-corrected chi connectivity index (χ4v) is 15.5. The van der Waals surface area contributed by atoms with Crippen molar-refractivity contribution in [2.24, 2.45) is 0 Å². The number of hydrogen-bond donors (Lipinski definition) is 0. The summed E-state index contributed by atoms with van der Waals surface area (Å²) in [4.78, 5) is 3.64. The summed E-state index contributed by atoms with van der Waals surface area (Å²) in [5.41, 5.74) is 15.2. The van der Waals surface area contributed by atoms with Gasteiger partial charge in [-0.1, -0.05) is 135 Å². The Bertz CT molecular complexity index is 3140. The summed E-state index contributed by atoms with van der Waals surface area (Å²) in [7, 11) is -3.93. The number of aromatic nitrogens is 1. The van der Waals surface area contributed by atoms with Gasteiger partial charge in [-0.25, -0.2) is 0 Å². The molecule has 0 fully saturated rings. The Morgan fingerprint density at radius 3 is 1.69 bits per heavy atom. The molecule has 0 bridgehead atoms. The summed E-state index contributed by atoms with van der Waals surface area (Å²) in [5.74, 6) is 0. The van der Waals surface area contributed by atoms with E-state index in [4.69, 9.17) is 0 Å². The molecule has 256 valence electrons. The van der Waals surface area contributed by atoms with Gasteiger partial charge >= 0.3 is 0 Å². The molecule has 0 N–H and O–H groups in total. The molecule has 1 aliphatic carbocycles. The van der Waals surface area contributed by atoms with Crippen molar-refractivity contribution in [1.82, 2.24) is 4.57 Å². The first-order valence-corrected chi connectivity index (χ1v) is 20.7. The zero-order valence-corrected chi connectivity index (χ0v) is 30.8. The topological polar surface area (TPSA) is 22.0 Å². The van der Waals surface area contributed by atoms with Crippen molar-refractivity contribution >= 4 is 30.9 Å². The maximum Gasteiger partial charge on any atom is 0.0544 e. The number of hydrogen-bond acceptors (Lipinski definition) is 1. The molecule has 8 aromatic carbocycles. The van der Waals surface area contributed by atoms with E-state index in [0.717, 1.165) is 58.7 Å². The zero-order chi connectivity index (χ0) is 36.0. The minimum atomic E-state index is -3.93. The molecule has 3 aliphatic rings. The average molecular weight is 710 g/mol. The Morgan fingerprint density at radius 1 is 0.407 bits per heavy atom. The molecule has 54 heavy (non-hydrogen) atoms. The lowest BCUT2D eigenvalue weighted by Crippen LogP contribution is -2.30. The molecule has 0 unspecified atom stereocenters. The summed E-state index contributed by atoms with van der Waals surface area (Å²) in [6.45, 7) is 4.70. The van der Waals surface area contributed by atoms with E-state index in [9.17, 15) is 0 Å². The number of fused-ring (bicyclic) bond motifs is 16. The van der Waals surface area contributed by atoms with E-state index < -0.39 is 9.07 Å². The highest BCUT2D eigenvalue weighted by Gasteiger charge is 2.57. The van der Waals surface area contributed by atoms with Crippen LogP contribution in [0.1, 0.15) is 25.0 Å². The van der Waals surface area contributed by atoms with Crippen LogP contribution in [-0.2, 0) is 14.5 Å². The van der Waals surface area contributed by atoms with Gasteiger partial charge in [0.2, 0.25) is 0 Å². The van der Waals surface area contributed by atoms with Crippen LogP contribution in [0.5, 0.6) is 0 Å². The molecule has 9 aromatic rings. The van der Waals surface area contributed by atoms with Gasteiger partial charge < -0.3 is 4.57 Å². The van der Waals surface area contributed by atoms with Crippen LogP contribution in [-0.4, -0.2) is 8.78 Å². The first kappa shape index (κ1) is 30.2. The van der Waals surface area contributed by atoms with E-state index in [1.807, 2.05) is 18.2 Å². The minimum Gasteiger partial charge on any atom is -0.309 e. The van der Waals surface area contributed by atoms with E-state index >= 15 is 4.21 Å². The molecule has 0 atom stereocenters. The van der Waals surface area contributed by atoms with Crippen LogP contribution in [0, 0.1) is 0 Å². The van der Waals surface area contributed by atoms with Gasteiger partial charge in [0.25, 0.3) is 0 Å². The molecule has 2 nitrogen and oxygen atoms in total. The Balaban J connectivity index is 1.09. The Kier molecular flexibility index (Phi) is 5.60. The first-order chi connectivity index (χ1) is 26.4. The second kappa shape index (κ2) is 10.0. The van der Waals surface area contributed by atoms with Gasteiger partial charge in [-0.2, -0.15) is 0 Å². The van der Waals surface area contributed by atoms with E-state index in [0.29, 0.717) is 0 Å². The lowest BCUT2D eigenvalue weighted by atomic mass is 9.82. The highest BCUT2D eigenvalue weighted by molar-refractivity contribution is 8.21. The highest BCUT2D eigenvalue weighted by Crippen LogP contribution is 2.71. The molecule has 3 heterocycles. The molecule has 1 aromatic heterocycles. The summed E-state index contributed by atoms with van der Waals surface area (Å²) in [5, 5.41) is 2.51. The summed E-state index contributed by atoms with van der Waals surface area (Å²) < 4.78 is 19.5. The van der Waals surface area contributed by atoms with Gasteiger partial charge in [0.15, 0.2) is 0 Å². The summed E-state index contributed by atoms with van der Waals surface area (Å²) >= 11 is 0. The van der Waals surface area contributed by atoms with E-state index in [1.165, 1.54) is 44.1 Å². The highest BCUT2D eigenvalue weighted by atomic mass is 32.3.